The number of hydrogen-bond acceptors (Lipinski definition) is 1. The predicted molar refractivity (Wildman–Crippen MR) is 66.6 cm³/mol. The molecule has 1 atom stereocenters. The molecule has 0 N–H and O–H groups in total. The standard InChI is InChI=1S/C15H20O/c1-11(2)15(16)10-13-8-5-7-12-6-3-4-9-14(12)13/h3-4,6,9,11,13H,5,7-8,10H2,1-2H3/t13-/m1/s1. The van der Waals surface area contributed by atoms with Gasteiger partial charge in [-0.15, -0.1) is 0 Å². The van der Waals surface area contributed by atoms with Crippen LogP contribution < -0.4 is 0 Å². The van der Waals surface area contributed by atoms with Crippen LogP contribution in [-0.2, 0) is 11.2 Å². The van der Waals surface area contributed by atoms with Crippen LogP contribution in [0.15, 0.2) is 24.3 Å². The first-order valence-corrected chi connectivity index (χ1v) is 6.29. The highest BCUT2D eigenvalue weighted by atomic mass is 16.1. The number of aryl methyl sites for hydroxylation is 1. The summed E-state index contributed by atoms with van der Waals surface area (Å²) in [5.74, 6) is 1.05. The van der Waals surface area contributed by atoms with Crippen LogP contribution in [0.25, 0.3) is 0 Å². The van der Waals surface area contributed by atoms with Gasteiger partial charge in [0.1, 0.15) is 5.78 Å². The molecule has 1 aliphatic rings. The van der Waals surface area contributed by atoms with E-state index in [4.69, 9.17) is 0 Å². The molecule has 86 valence electrons. The van der Waals surface area contributed by atoms with Gasteiger partial charge < -0.3 is 0 Å². The second-order valence-electron chi connectivity index (χ2n) is 5.11. The van der Waals surface area contributed by atoms with Crippen molar-refractivity contribution in [2.24, 2.45) is 5.92 Å². The summed E-state index contributed by atoms with van der Waals surface area (Å²) in [6.45, 7) is 3.99. The fraction of sp³-hybridized carbons (Fsp3) is 0.533. The minimum atomic E-state index is 0.175. The van der Waals surface area contributed by atoms with Gasteiger partial charge in [0.15, 0.2) is 0 Å². The largest absolute Gasteiger partial charge is 0.299 e. The molecule has 16 heavy (non-hydrogen) atoms. The lowest BCUT2D eigenvalue weighted by molar-refractivity contribution is -0.122. The Morgan fingerprint density at radius 3 is 2.88 bits per heavy atom. The second-order valence-corrected chi connectivity index (χ2v) is 5.11. The van der Waals surface area contributed by atoms with E-state index in [-0.39, 0.29) is 5.92 Å². The summed E-state index contributed by atoms with van der Waals surface area (Å²) in [4.78, 5) is 11.8. The summed E-state index contributed by atoms with van der Waals surface area (Å²) in [5.41, 5.74) is 2.87. The number of ketones is 1. The molecule has 0 unspecified atom stereocenters. The molecule has 1 heteroatoms. The van der Waals surface area contributed by atoms with E-state index in [1.807, 2.05) is 13.8 Å². The number of rotatable bonds is 3. The smallest absolute Gasteiger partial charge is 0.136 e. The molecule has 1 nitrogen and oxygen atoms in total. The summed E-state index contributed by atoms with van der Waals surface area (Å²) in [6.07, 6.45) is 4.32. The summed E-state index contributed by atoms with van der Waals surface area (Å²) in [5, 5.41) is 0. The maximum Gasteiger partial charge on any atom is 0.136 e. The predicted octanol–water partition coefficient (Wildman–Crippen LogP) is 3.72. The van der Waals surface area contributed by atoms with E-state index in [1.165, 1.54) is 30.4 Å². The van der Waals surface area contributed by atoms with Crippen molar-refractivity contribution in [2.45, 2.75) is 45.4 Å². The first-order valence-electron chi connectivity index (χ1n) is 6.29. The molecular formula is C15H20O. The SMILES string of the molecule is CC(C)C(=O)C[C@H]1CCCc2ccccc21. The molecule has 0 heterocycles. The Bertz CT molecular complexity index is 379. The van der Waals surface area contributed by atoms with Crippen molar-refractivity contribution in [1.82, 2.24) is 0 Å². The highest BCUT2D eigenvalue weighted by molar-refractivity contribution is 5.81. The van der Waals surface area contributed by atoms with E-state index in [0.717, 1.165) is 6.42 Å². The molecule has 2 rings (SSSR count). The van der Waals surface area contributed by atoms with Gasteiger partial charge in [0.05, 0.1) is 0 Å². The van der Waals surface area contributed by atoms with Crippen molar-refractivity contribution in [1.29, 1.82) is 0 Å². The number of carbonyl (C=O) groups excluding carboxylic acids is 1. The average Bonchev–Trinajstić information content (AvgIpc) is 2.29. The third kappa shape index (κ3) is 2.34. The van der Waals surface area contributed by atoms with E-state index in [9.17, 15) is 4.79 Å². The Hall–Kier alpha value is -1.11. The zero-order valence-corrected chi connectivity index (χ0v) is 10.2. The van der Waals surface area contributed by atoms with E-state index in [2.05, 4.69) is 24.3 Å². The summed E-state index contributed by atoms with van der Waals surface area (Å²) < 4.78 is 0. The van der Waals surface area contributed by atoms with E-state index in [1.54, 1.807) is 0 Å². The van der Waals surface area contributed by atoms with Crippen LogP contribution in [0.5, 0.6) is 0 Å². The van der Waals surface area contributed by atoms with Gasteiger partial charge in [0.25, 0.3) is 0 Å². The fourth-order valence-electron chi connectivity index (χ4n) is 2.55. The topological polar surface area (TPSA) is 17.1 Å². The van der Waals surface area contributed by atoms with Gasteiger partial charge in [-0.05, 0) is 36.3 Å². The lowest BCUT2D eigenvalue weighted by Crippen LogP contribution is -2.16. The molecule has 1 aromatic rings. The molecule has 0 fully saturated rings. The molecule has 0 bridgehead atoms. The normalized spacial score (nSPS) is 19.6. The van der Waals surface area contributed by atoms with E-state index in [0.29, 0.717) is 11.7 Å². The molecule has 0 saturated carbocycles. The highest BCUT2D eigenvalue weighted by Gasteiger charge is 2.22. The second kappa shape index (κ2) is 4.82. The third-order valence-corrected chi connectivity index (χ3v) is 3.59. The Kier molecular flexibility index (Phi) is 3.42. The number of hydrogen-bond donors (Lipinski definition) is 0. The van der Waals surface area contributed by atoms with Gasteiger partial charge in [0.2, 0.25) is 0 Å². The number of Topliss-reactive ketones (excluding diaryl/α,β-unsaturated/α-hetero) is 1. The van der Waals surface area contributed by atoms with Gasteiger partial charge in [-0.2, -0.15) is 0 Å². The monoisotopic (exact) mass is 216 g/mol. The fourth-order valence-corrected chi connectivity index (χ4v) is 2.55. The van der Waals surface area contributed by atoms with Crippen molar-refractivity contribution < 1.29 is 4.79 Å². The Morgan fingerprint density at radius 2 is 2.12 bits per heavy atom. The molecule has 0 aliphatic heterocycles. The van der Waals surface area contributed by atoms with E-state index >= 15 is 0 Å². The van der Waals surface area contributed by atoms with Crippen LogP contribution in [0, 0.1) is 5.92 Å². The zero-order chi connectivity index (χ0) is 11.5. The van der Waals surface area contributed by atoms with Crippen LogP contribution >= 0.6 is 0 Å². The van der Waals surface area contributed by atoms with Gasteiger partial charge in [-0.25, -0.2) is 0 Å². The minimum absolute atomic E-state index is 0.175. The Labute approximate surface area is 97.9 Å². The summed E-state index contributed by atoms with van der Waals surface area (Å²) in [7, 11) is 0. The first-order chi connectivity index (χ1) is 7.68. The maximum absolute atomic E-state index is 11.8. The molecule has 0 spiro atoms. The summed E-state index contributed by atoms with van der Waals surface area (Å²) >= 11 is 0. The van der Waals surface area contributed by atoms with Crippen LogP contribution in [0.1, 0.15) is 50.2 Å². The van der Waals surface area contributed by atoms with Crippen LogP contribution in [0.4, 0.5) is 0 Å². The lowest BCUT2D eigenvalue weighted by Gasteiger charge is -2.25. The molecular weight excluding hydrogens is 196 g/mol. The molecule has 1 aromatic carbocycles. The maximum atomic E-state index is 11.8. The zero-order valence-electron chi connectivity index (χ0n) is 10.2. The molecule has 0 saturated heterocycles. The van der Waals surface area contributed by atoms with Crippen molar-refractivity contribution in [2.75, 3.05) is 0 Å². The average molecular weight is 216 g/mol. The number of benzene rings is 1. The lowest BCUT2D eigenvalue weighted by atomic mass is 9.79. The Balaban J connectivity index is 2.16. The Morgan fingerprint density at radius 1 is 1.38 bits per heavy atom. The van der Waals surface area contributed by atoms with Crippen molar-refractivity contribution in [3.05, 3.63) is 35.4 Å². The molecule has 1 aliphatic carbocycles. The van der Waals surface area contributed by atoms with Crippen LogP contribution in [0.2, 0.25) is 0 Å². The molecule has 0 radical (unpaired) electrons. The van der Waals surface area contributed by atoms with Gasteiger partial charge in [0, 0.05) is 12.3 Å². The number of fused-ring (bicyclic) bond motifs is 1. The third-order valence-electron chi connectivity index (χ3n) is 3.59. The molecule has 0 aromatic heterocycles. The van der Waals surface area contributed by atoms with Gasteiger partial charge in [-0.1, -0.05) is 38.1 Å². The minimum Gasteiger partial charge on any atom is -0.299 e. The van der Waals surface area contributed by atoms with Crippen molar-refractivity contribution >= 4 is 5.78 Å². The van der Waals surface area contributed by atoms with Crippen LogP contribution in [-0.4, -0.2) is 5.78 Å². The number of carbonyl (C=O) groups is 1. The molecule has 0 amide bonds. The van der Waals surface area contributed by atoms with Crippen LogP contribution in [0.3, 0.4) is 0 Å². The van der Waals surface area contributed by atoms with Gasteiger partial charge in [-0.3, -0.25) is 4.79 Å². The highest BCUT2D eigenvalue weighted by Crippen LogP contribution is 2.34. The van der Waals surface area contributed by atoms with Crippen molar-refractivity contribution in [3.63, 3.8) is 0 Å². The summed E-state index contributed by atoms with van der Waals surface area (Å²) in [6, 6.07) is 8.61. The van der Waals surface area contributed by atoms with Crippen molar-refractivity contribution in [3.8, 4) is 0 Å². The quantitative estimate of drug-likeness (QED) is 0.752. The van der Waals surface area contributed by atoms with Gasteiger partial charge >= 0.3 is 0 Å². The van der Waals surface area contributed by atoms with E-state index < -0.39 is 0 Å². The first kappa shape index (κ1) is 11.4.